The zero-order chi connectivity index (χ0) is 22.7. The molecule has 0 amide bonds. The molecule has 1 heterocycles. The number of piperidine rings is 1. The van der Waals surface area contributed by atoms with Gasteiger partial charge in [-0.1, -0.05) is 73.5 Å². The van der Waals surface area contributed by atoms with Crippen molar-refractivity contribution in [3.63, 3.8) is 0 Å². The van der Waals surface area contributed by atoms with Crippen LogP contribution in [0.4, 0.5) is 0 Å². The van der Waals surface area contributed by atoms with Gasteiger partial charge in [0.2, 0.25) is 0 Å². The molecule has 174 valence electrons. The molecule has 1 aliphatic heterocycles. The first kappa shape index (κ1) is 24.8. The number of unbranched alkanes of at least 4 members (excludes halogenated alkanes) is 3. The van der Waals surface area contributed by atoms with Gasteiger partial charge >= 0.3 is 5.97 Å². The van der Waals surface area contributed by atoms with Crippen molar-refractivity contribution in [3.05, 3.63) is 71.8 Å². The molecule has 6 heteroatoms. The lowest BCUT2D eigenvalue weighted by atomic mass is 9.72. The number of esters is 1. The fraction of sp³-hybridized carbons (Fsp3) is 0.500. The molecular formula is C26H36N2O3S. The summed E-state index contributed by atoms with van der Waals surface area (Å²) in [6.45, 7) is 2.85. The summed E-state index contributed by atoms with van der Waals surface area (Å²) in [5.74, 6) is 0.0625. The van der Waals surface area contributed by atoms with Crippen molar-refractivity contribution in [1.29, 1.82) is 0 Å². The van der Waals surface area contributed by atoms with E-state index in [2.05, 4.69) is 13.8 Å². The molecule has 1 fully saturated rings. The van der Waals surface area contributed by atoms with E-state index in [-0.39, 0.29) is 11.9 Å². The summed E-state index contributed by atoms with van der Waals surface area (Å²) in [5, 5.41) is 12.0. The third-order valence-electron chi connectivity index (χ3n) is 6.30. The number of hydrogen-bond acceptors (Lipinski definition) is 6. The van der Waals surface area contributed by atoms with Gasteiger partial charge in [0.1, 0.15) is 5.60 Å². The summed E-state index contributed by atoms with van der Waals surface area (Å²) in [5.41, 5.74) is 0.988. The summed E-state index contributed by atoms with van der Waals surface area (Å²) in [6, 6.07) is 20.2. The van der Waals surface area contributed by atoms with Crippen molar-refractivity contribution in [3.8, 4) is 0 Å². The summed E-state index contributed by atoms with van der Waals surface area (Å²) in [7, 11) is 1.44. The third-order valence-corrected chi connectivity index (χ3v) is 7.26. The van der Waals surface area contributed by atoms with Crippen molar-refractivity contribution in [1.82, 2.24) is 9.03 Å². The number of rotatable bonds is 12. The maximum atomic E-state index is 12.0. The van der Waals surface area contributed by atoms with E-state index in [4.69, 9.17) is 0 Å². The minimum atomic E-state index is -0.961. The fourth-order valence-electron chi connectivity index (χ4n) is 4.45. The van der Waals surface area contributed by atoms with Gasteiger partial charge in [0.05, 0.1) is 7.11 Å². The minimum Gasteiger partial charge on any atom is -0.469 e. The number of benzene rings is 2. The molecule has 0 atom stereocenters. The van der Waals surface area contributed by atoms with E-state index in [1.807, 2.05) is 60.7 Å². The second-order valence-electron chi connectivity index (χ2n) is 8.43. The van der Waals surface area contributed by atoms with Crippen LogP contribution in [0.15, 0.2) is 60.7 Å². The Hall–Kier alpha value is -1.86. The summed E-state index contributed by atoms with van der Waals surface area (Å²) in [4.78, 5) is 11.1. The number of carbonyl (C=O) groups excluding carboxylic acids is 1. The number of hydrogen-bond donors (Lipinski definition) is 2. The molecule has 0 bridgehead atoms. The zero-order valence-corrected chi connectivity index (χ0v) is 19.9. The molecule has 1 aliphatic rings. The lowest BCUT2D eigenvalue weighted by Gasteiger charge is -2.42. The minimum absolute atomic E-state index is 0.117. The quantitative estimate of drug-likeness (QED) is 0.269. The fourth-order valence-corrected chi connectivity index (χ4v) is 5.26. The van der Waals surface area contributed by atoms with Gasteiger partial charge in [-0.15, -0.1) is 0 Å². The first-order valence-electron chi connectivity index (χ1n) is 11.7. The maximum Gasteiger partial charge on any atom is 0.305 e. The van der Waals surface area contributed by atoms with Crippen molar-refractivity contribution in [2.75, 3.05) is 26.7 Å². The average molecular weight is 457 g/mol. The van der Waals surface area contributed by atoms with Gasteiger partial charge in [0.25, 0.3) is 0 Å². The number of nitrogens with zero attached hydrogens (tertiary/aromatic N) is 1. The van der Waals surface area contributed by atoms with Crippen LogP contribution in [0.2, 0.25) is 0 Å². The smallest absolute Gasteiger partial charge is 0.305 e. The van der Waals surface area contributed by atoms with E-state index in [9.17, 15) is 9.90 Å². The Kier molecular flexibility index (Phi) is 10.1. The van der Waals surface area contributed by atoms with Crippen LogP contribution in [0.25, 0.3) is 0 Å². The van der Waals surface area contributed by atoms with Crippen molar-refractivity contribution in [2.45, 2.75) is 50.5 Å². The SMILES string of the molecule is COC(=O)CCCCCCNSN1CCC(C(O)(c2ccccc2)c2ccccc2)CC1. The Morgan fingerprint density at radius 2 is 1.56 bits per heavy atom. The van der Waals surface area contributed by atoms with Gasteiger partial charge in [-0.25, -0.2) is 4.31 Å². The van der Waals surface area contributed by atoms with Crippen molar-refractivity contribution in [2.24, 2.45) is 5.92 Å². The predicted molar refractivity (Wildman–Crippen MR) is 131 cm³/mol. The van der Waals surface area contributed by atoms with Crippen LogP contribution in [-0.4, -0.2) is 42.1 Å². The molecule has 0 spiro atoms. The van der Waals surface area contributed by atoms with Gasteiger partial charge in [0.15, 0.2) is 0 Å². The van der Waals surface area contributed by atoms with Crippen LogP contribution in [0.1, 0.15) is 56.1 Å². The molecule has 0 radical (unpaired) electrons. The van der Waals surface area contributed by atoms with Crippen LogP contribution < -0.4 is 4.72 Å². The number of ether oxygens (including phenoxy) is 1. The summed E-state index contributed by atoms with van der Waals surface area (Å²) in [6.07, 6.45) is 6.60. The summed E-state index contributed by atoms with van der Waals surface area (Å²) >= 11 is 1.70. The highest BCUT2D eigenvalue weighted by Crippen LogP contribution is 2.42. The molecule has 1 saturated heterocycles. The molecule has 2 aromatic carbocycles. The topological polar surface area (TPSA) is 61.8 Å². The van der Waals surface area contributed by atoms with E-state index in [1.165, 1.54) is 7.11 Å². The van der Waals surface area contributed by atoms with Crippen molar-refractivity contribution < 1.29 is 14.6 Å². The molecule has 0 aromatic heterocycles. The zero-order valence-electron chi connectivity index (χ0n) is 19.0. The summed E-state index contributed by atoms with van der Waals surface area (Å²) < 4.78 is 10.5. The van der Waals surface area contributed by atoms with Crippen LogP contribution in [0.5, 0.6) is 0 Å². The van der Waals surface area contributed by atoms with Crippen molar-refractivity contribution >= 4 is 18.1 Å². The van der Waals surface area contributed by atoms with Crippen LogP contribution in [0, 0.1) is 5.92 Å². The van der Waals surface area contributed by atoms with E-state index in [0.717, 1.165) is 69.3 Å². The van der Waals surface area contributed by atoms with Crippen LogP contribution in [0.3, 0.4) is 0 Å². The monoisotopic (exact) mass is 456 g/mol. The molecule has 3 rings (SSSR count). The highest BCUT2D eigenvalue weighted by Gasteiger charge is 2.41. The van der Waals surface area contributed by atoms with Crippen LogP contribution >= 0.6 is 12.1 Å². The standard InChI is InChI=1S/C26H36N2O3S/c1-31-25(29)16-10-2-3-11-19-27-32-28-20-17-24(18-21-28)26(30,22-12-6-4-7-13-22)23-14-8-5-9-15-23/h4-9,12-15,24,27,30H,2-3,10-11,16-21H2,1H3. The van der Waals surface area contributed by atoms with E-state index in [1.54, 1.807) is 12.1 Å². The number of nitrogens with one attached hydrogen (secondary N) is 1. The lowest BCUT2D eigenvalue weighted by Crippen LogP contribution is -2.43. The first-order chi connectivity index (χ1) is 15.6. The Labute approximate surface area is 196 Å². The van der Waals surface area contributed by atoms with E-state index < -0.39 is 5.60 Å². The molecule has 0 unspecified atom stereocenters. The number of methoxy groups -OCH3 is 1. The van der Waals surface area contributed by atoms with Gasteiger partial charge in [0, 0.05) is 38.2 Å². The van der Waals surface area contributed by atoms with Gasteiger partial charge in [-0.2, -0.15) is 0 Å². The Morgan fingerprint density at radius 3 is 2.12 bits per heavy atom. The largest absolute Gasteiger partial charge is 0.469 e. The Morgan fingerprint density at radius 1 is 1.00 bits per heavy atom. The molecular weight excluding hydrogens is 420 g/mol. The predicted octanol–water partition coefficient (Wildman–Crippen LogP) is 4.91. The Balaban J connectivity index is 1.43. The molecule has 2 aromatic rings. The van der Waals surface area contributed by atoms with Gasteiger partial charge in [-0.05, 0) is 42.7 Å². The van der Waals surface area contributed by atoms with E-state index in [0.29, 0.717) is 6.42 Å². The number of carbonyl (C=O) groups is 1. The van der Waals surface area contributed by atoms with Crippen LogP contribution in [-0.2, 0) is 15.1 Å². The molecule has 0 saturated carbocycles. The second-order valence-corrected chi connectivity index (χ2v) is 9.42. The van der Waals surface area contributed by atoms with Gasteiger partial charge < -0.3 is 9.84 Å². The molecule has 5 nitrogen and oxygen atoms in total. The maximum absolute atomic E-state index is 12.0. The number of aliphatic hydroxyl groups is 1. The van der Waals surface area contributed by atoms with Gasteiger partial charge in [-0.3, -0.25) is 9.52 Å². The highest BCUT2D eigenvalue weighted by atomic mass is 32.2. The van der Waals surface area contributed by atoms with E-state index >= 15 is 0 Å². The molecule has 2 N–H and O–H groups in total. The molecule has 32 heavy (non-hydrogen) atoms. The molecule has 0 aliphatic carbocycles. The highest BCUT2D eigenvalue weighted by molar-refractivity contribution is 7.95. The second kappa shape index (κ2) is 13.0. The average Bonchev–Trinajstić information content (AvgIpc) is 2.86. The first-order valence-corrected chi connectivity index (χ1v) is 12.5. The Bertz CT molecular complexity index is 756. The lowest BCUT2D eigenvalue weighted by molar-refractivity contribution is -0.140. The third kappa shape index (κ3) is 6.82. The normalized spacial score (nSPS) is 15.6.